The fraction of sp³-hybridized carbons (Fsp3) is 0.462. The van der Waals surface area contributed by atoms with E-state index in [1.165, 1.54) is 12.1 Å². The molecule has 11 heteroatoms. The van der Waals surface area contributed by atoms with Gasteiger partial charge < -0.3 is 29.7 Å². The first kappa shape index (κ1) is 26.4. The van der Waals surface area contributed by atoms with Crippen LogP contribution in [0.3, 0.4) is 0 Å². The summed E-state index contributed by atoms with van der Waals surface area (Å²) in [4.78, 5) is 27.3. The lowest BCUT2D eigenvalue weighted by molar-refractivity contribution is -0.274. The van der Waals surface area contributed by atoms with Crippen LogP contribution in [0, 0.1) is 17.8 Å². The number of rotatable bonds is 8. The van der Waals surface area contributed by atoms with Crippen molar-refractivity contribution >= 4 is 17.6 Å². The van der Waals surface area contributed by atoms with E-state index in [0.29, 0.717) is 42.6 Å². The molecule has 8 nitrogen and oxygen atoms in total. The number of nitrogens with zero attached hydrogens (tertiary/aromatic N) is 1. The molecule has 1 aliphatic carbocycles. The maximum atomic E-state index is 12.9. The van der Waals surface area contributed by atoms with Crippen molar-refractivity contribution in [2.45, 2.75) is 38.7 Å². The molecule has 4 rings (SSSR count). The van der Waals surface area contributed by atoms with Gasteiger partial charge in [0, 0.05) is 42.9 Å². The number of anilines is 1. The van der Waals surface area contributed by atoms with Crippen molar-refractivity contribution < 1.29 is 37.0 Å². The second kappa shape index (κ2) is 10.8. The highest BCUT2D eigenvalue weighted by atomic mass is 19.4. The molecule has 1 saturated carbocycles. The number of hydrogen-bond donors (Lipinski definition) is 2. The van der Waals surface area contributed by atoms with Crippen LogP contribution >= 0.6 is 0 Å². The van der Waals surface area contributed by atoms with Crippen LogP contribution in [-0.2, 0) is 11.3 Å². The van der Waals surface area contributed by atoms with Crippen LogP contribution in [0.4, 0.5) is 23.7 Å². The first-order chi connectivity index (χ1) is 17.6. The predicted molar refractivity (Wildman–Crippen MR) is 129 cm³/mol. The summed E-state index contributed by atoms with van der Waals surface area (Å²) in [6.07, 6.45) is -3.52. The van der Waals surface area contributed by atoms with Crippen LogP contribution in [-0.4, -0.2) is 50.0 Å². The van der Waals surface area contributed by atoms with Crippen LogP contribution in [0.25, 0.3) is 0 Å². The smallest absolute Gasteiger partial charge is 0.497 e. The van der Waals surface area contributed by atoms with Gasteiger partial charge in [-0.2, -0.15) is 0 Å². The minimum absolute atomic E-state index is 0.0744. The van der Waals surface area contributed by atoms with Gasteiger partial charge in [-0.05, 0) is 60.6 Å². The number of urea groups is 1. The summed E-state index contributed by atoms with van der Waals surface area (Å²) >= 11 is 0. The molecule has 1 heterocycles. The quantitative estimate of drug-likeness (QED) is 0.521. The van der Waals surface area contributed by atoms with Crippen LogP contribution in [0.5, 0.6) is 17.2 Å². The highest BCUT2D eigenvalue weighted by Gasteiger charge is 2.50. The average molecular weight is 522 g/mol. The minimum Gasteiger partial charge on any atom is -0.497 e. The Kier molecular flexibility index (Phi) is 7.70. The second-order valence-electron chi connectivity index (χ2n) is 9.42. The molecule has 0 spiro atoms. The van der Waals surface area contributed by atoms with Gasteiger partial charge in [0.1, 0.15) is 17.2 Å². The van der Waals surface area contributed by atoms with Crippen LogP contribution < -0.4 is 24.8 Å². The zero-order valence-corrected chi connectivity index (χ0v) is 20.8. The van der Waals surface area contributed by atoms with Crippen LogP contribution in [0.15, 0.2) is 42.5 Å². The van der Waals surface area contributed by atoms with Gasteiger partial charge in [-0.1, -0.05) is 6.92 Å². The molecule has 0 aromatic heterocycles. The van der Waals surface area contributed by atoms with E-state index in [4.69, 9.17) is 9.47 Å². The van der Waals surface area contributed by atoms with E-state index in [-0.39, 0.29) is 29.5 Å². The monoisotopic (exact) mass is 521 g/mol. The zero-order chi connectivity index (χ0) is 26.7. The number of carbonyl (C=O) groups is 2. The predicted octanol–water partition coefficient (Wildman–Crippen LogP) is 4.80. The van der Waals surface area contributed by atoms with Crippen molar-refractivity contribution in [1.29, 1.82) is 0 Å². The number of carbonyl (C=O) groups excluding carboxylic acids is 2. The highest BCUT2D eigenvalue weighted by molar-refractivity contribution is 5.89. The van der Waals surface area contributed by atoms with E-state index < -0.39 is 12.4 Å². The number of methoxy groups -OCH3 is 2. The normalized spacial score (nSPS) is 23.0. The molecule has 4 atom stereocenters. The summed E-state index contributed by atoms with van der Waals surface area (Å²) < 4.78 is 51.5. The molecule has 1 aliphatic heterocycles. The number of ether oxygens (including phenoxy) is 3. The number of halogens is 3. The molecule has 0 radical (unpaired) electrons. The Morgan fingerprint density at radius 1 is 1.08 bits per heavy atom. The van der Waals surface area contributed by atoms with Crippen LogP contribution in [0.2, 0.25) is 0 Å². The number of hydrogen-bond acceptors (Lipinski definition) is 5. The number of alkyl halides is 3. The Bertz CT molecular complexity index is 1130. The number of amides is 3. The lowest BCUT2D eigenvalue weighted by atomic mass is 9.88. The largest absolute Gasteiger partial charge is 0.573 e. The first-order valence-corrected chi connectivity index (χ1v) is 12.0. The van der Waals surface area contributed by atoms with E-state index in [9.17, 15) is 22.8 Å². The summed E-state index contributed by atoms with van der Waals surface area (Å²) in [6, 6.07) is 10.1. The van der Waals surface area contributed by atoms with E-state index in [1.54, 1.807) is 20.3 Å². The molecular formula is C26H30F3N3O5. The van der Waals surface area contributed by atoms with Crippen LogP contribution in [0.1, 0.15) is 25.3 Å². The fourth-order valence-electron chi connectivity index (χ4n) is 5.44. The zero-order valence-electron chi connectivity index (χ0n) is 20.8. The molecule has 0 unspecified atom stereocenters. The van der Waals surface area contributed by atoms with Gasteiger partial charge in [0.15, 0.2) is 0 Å². The van der Waals surface area contributed by atoms with Crippen molar-refractivity contribution in [3.63, 3.8) is 0 Å². The molecule has 2 fully saturated rings. The molecule has 2 aromatic carbocycles. The Morgan fingerprint density at radius 3 is 2.43 bits per heavy atom. The topological polar surface area (TPSA) is 89.1 Å². The van der Waals surface area contributed by atoms with Crippen molar-refractivity contribution in [3.05, 3.63) is 48.0 Å². The van der Waals surface area contributed by atoms with Crippen molar-refractivity contribution in [2.24, 2.45) is 17.8 Å². The molecule has 0 bridgehead atoms. The van der Waals surface area contributed by atoms with Gasteiger partial charge in [-0.25, -0.2) is 4.79 Å². The van der Waals surface area contributed by atoms with Gasteiger partial charge >= 0.3 is 12.4 Å². The Balaban J connectivity index is 1.34. The molecule has 2 aromatic rings. The molecule has 200 valence electrons. The third kappa shape index (κ3) is 6.20. The lowest BCUT2D eigenvalue weighted by Crippen LogP contribution is -2.36. The Morgan fingerprint density at radius 2 is 1.78 bits per heavy atom. The molecule has 2 aliphatic rings. The molecule has 2 N–H and O–H groups in total. The molecule has 3 amide bonds. The van der Waals surface area contributed by atoms with Gasteiger partial charge in [-0.3, -0.25) is 4.79 Å². The third-order valence-electron chi connectivity index (χ3n) is 7.20. The Labute approximate surface area is 213 Å². The van der Waals surface area contributed by atoms with Gasteiger partial charge in [0.25, 0.3) is 0 Å². The third-order valence-corrected chi connectivity index (χ3v) is 7.20. The summed E-state index contributed by atoms with van der Waals surface area (Å²) in [5.74, 6) is 1.57. The molecular weight excluding hydrogens is 491 g/mol. The van der Waals surface area contributed by atoms with E-state index in [0.717, 1.165) is 24.1 Å². The van der Waals surface area contributed by atoms with Gasteiger partial charge in [-0.15, -0.1) is 13.2 Å². The number of benzene rings is 2. The standard InChI is InChI=1S/C26H30F3N3O5/c1-15-10-22-20(12-24(33)32(22)14-16-4-7-19(35-2)11-23(16)36-3)21(15)13-30-25(34)31-17-5-8-18(9-6-17)37-26(27,28)29/h4-9,11,15,20-22H,10,12-14H2,1-3H3,(H2,30,31,34)/t15-,20-,21+,22+/m0/s1. The minimum atomic E-state index is -4.78. The summed E-state index contributed by atoms with van der Waals surface area (Å²) in [7, 11) is 3.17. The first-order valence-electron chi connectivity index (χ1n) is 12.0. The number of likely N-dealkylation sites (tertiary alicyclic amines) is 1. The number of fused-ring (bicyclic) bond motifs is 1. The van der Waals surface area contributed by atoms with Crippen molar-refractivity contribution in [1.82, 2.24) is 10.2 Å². The SMILES string of the molecule is COc1ccc(CN2C(=O)C[C@H]3[C@H](CNC(=O)Nc4ccc(OC(F)(F)F)cc4)[C@@H](C)C[C@H]32)c(OC)c1. The fourth-order valence-corrected chi connectivity index (χ4v) is 5.44. The Hall–Kier alpha value is -3.63. The highest BCUT2D eigenvalue weighted by Crippen LogP contribution is 2.46. The lowest BCUT2D eigenvalue weighted by Gasteiger charge is -2.25. The van der Waals surface area contributed by atoms with E-state index in [2.05, 4.69) is 22.3 Å². The maximum Gasteiger partial charge on any atom is 0.573 e. The van der Waals surface area contributed by atoms with Crippen molar-refractivity contribution in [3.8, 4) is 17.2 Å². The summed E-state index contributed by atoms with van der Waals surface area (Å²) in [6.45, 7) is 2.95. The maximum absolute atomic E-state index is 12.9. The molecule has 37 heavy (non-hydrogen) atoms. The van der Waals surface area contributed by atoms with Crippen molar-refractivity contribution in [2.75, 3.05) is 26.1 Å². The average Bonchev–Trinajstić information content (AvgIpc) is 3.31. The van der Waals surface area contributed by atoms with E-state index in [1.807, 2.05) is 17.0 Å². The summed E-state index contributed by atoms with van der Waals surface area (Å²) in [5.41, 5.74) is 1.23. The molecule has 1 saturated heterocycles. The number of nitrogens with one attached hydrogen (secondary N) is 2. The van der Waals surface area contributed by atoms with Gasteiger partial charge in [0.2, 0.25) is 5.91 Å². The van der Waals surface area contributed by atoms with E-state index >= 15 is 0 Å². The second-order valence-corrected chi connectivity index (χ2v) is 9.42. The van der Waals surface area contributed by atoms with Gasteiger partial charge in [0.05, 0.1) is 14.2 Å². The summed E-state index contributed by atoms with van der Waals surface area (Å²) in [5, 5.41) is 5.47.